The van der Waals surface area contributed by atoms with Gasteiger partial charge in [-0.15, -0.1) is 11.3 Å². The maximum atomic E-state index is 11.2. The summed E-state index contributed by atoms with van der Waals surface area (Å²) in [6.45, 7) is 0. The van der Waals surface area contributed by atoms with Crippen LogP contribution in [0.15, 0.2) is 50.2 Å². The minimum atomic E-state index is 0.608. The van der Waals surface area contributed by atoms with Gasteiger partial charge in [0.15, 0.2) is 11.2 Å². The van der Waals surface area contributed by atoms with E-state index in [0.717, 1.165) is 25.6 Å². The van der Waals surface area contributed by atoms with Crippen molar-refractivity contribution < 1.29 is 4.79 Å². The number of carbonyl (C=O) groups is 1. The summed E-state index contributed by atoms with van der Waals surface area (Å²) in [7, 11) is 0. The fourth-order valence-electron chi connectivity index (χ4n) is 1.61. The van der Waals surface area contributed by atoms with Gasteiger partial charge in [0.2, 0.25) is 0 Å². The standard InChI is InChI=1S/C12H7BrN2OS2/c13-8-2-1-3-9(6-8)18-11-10(7-16)15-4-5-17-12(15)14-11/h1-7H. The van der Waals surface area contributed by atoms with Crippen molar-refractivity contribution in [3.05, 3.63) is 46.0 Å². The third kappa shape index (κ3) is 2.11. The molecule has 0 aliphatic carbocycles. The first-order valence-corrected chi connectivity index (χ1v) is 7.61. The predicted octanol–water partition coefficient (Wildman–Crippen LogP) is 4.12. The highest BCUT2D eigenvalue weighted by atomic mass is 79.9. The molecule has 3 rings (SSSR count). The molecule has 0 saturated carbocycles. The Bertz CT molecular complexity index is 720. The van der Waals surface area contributed by atoms with Gasteiger partial charge in [0.1, 0.15) is 10.7 Å². The Morgan fingerprint density at radius 3 is 3.11 bits per heavy atom. The number of fused-ring (bicyclic) bond motifs is 1. The topological polar surface area (TPSA) is 34.4 Å². The quantitative estimate of drug-likeness (QED) is 0.673. The average molecular weight is 339 g/mol. The van der Waals surface area contributed by atoms with E-state index in [9.17, 15) is 4.79 Å². The molecule has 2 heterocycles. The highest BCUT2D eigenvalue weighted by Gasteiger charge is 2.13. The summed E-state index contributed by atoms with van der Waals surface area (Å²) in [5.41, 5.74) is 0.608. The van der Waals surface area contributed by atoms with Crippen molar-refractivity contribution in [1.82, 2.24) is 9.38 Å². The molecule has 2 aromatic heterocycles. The van der Waals surface area contributed by atoms with Gasteiger partial charge in [0, 0.05) is 20.9 Å². The lowest BCUT2D eigenvalue weighted by Gasteiger charge is -1.99. The lowest BCUT2D eigenvalue weighted by molar-refractivity contribution is 0.111. The number of hydrogen-bond acceptors (Lipinski definition) is 4. The normalized spacial score (nSPS) is 10.9. The number of hydrogen-bond donors (Lipinski definition) is 0. The van der Waals surface area contributed by atoms with Crippen molar-refractivity contribution in [3.63, 3.8) is 0 Å². The fraction of sp³-hybridized carbons (Fsp3) is 0. The Balaban J connectivity index is 2.04. The second kappa shape index (κ2) is 4.87. The van der Waals surface area contributed by atoms with Crippen molar-refractivity contribution in [1.29, 1.82) is 0 Å². The second-order valence-corrected chi connectivity index (χ2v) is 6.39. The number of imidazole rings is 1. The Morgan fingerprint density at radius 1 is 1.44 bits per heavy atom. The van der Waals surface area contributed by atoms with Crippen LogP contribution in [0.2, 0.25) is 0 Å². The van der Waals surface area contributed by atoms with Gasteiger partial charge in [-0.05, 0) is 18.2 Å². The Kier molecular flexibility index (Phi) is 3.23. The minimum absolute atomic E-state index is 0.608. The molecule has 90 valence electrons. The van der Waals surface area contributed by atoms with Crippen LogP contribution in [0.5, 0.6) is 0 Å². The van der Waals surface area contributed by atoms with E-state index in [1.807, 2.05) is 40.2 Å². The fourth-order valence-corrected chi connectivity index (χ4v) is 3.88. The van der Waals surface area contributed by atoms with Gasteiger partial charge in [0.05, 0.1) is 0 Å². The number of carbonyl (C=O) groups excluding carboxylic acids is 1. The van der Waals surface area contributed by atoms with Crippen LogP contribution in [0.3, 0.4) is 0 Å². The second-order valence-electron chi connectivity index (χ2n) is 3.54. The number of aldehydes is 1. The van der Waals surface area contributed by atoms with Crippen LogP contribution in [0.4, 0.5) is 0 Å². The number of halogens is 1. The zero-order valence-corrected chi connectivity index (χ0v) is 12.3. The number of nitrogens with zero attached hydrogens (tertiary/aromatic N) is 2. The monoisotopic (exact) mass is 338 g/mol. The van der Waals surface area contributed by atoms with Crippen LogP contribution in [-0.2, 0) is 0 Å². The van der Waals surface area contributed by atoms with E-state index in [1.54, 1.807) is 0 Å². The van der Waals surface area contributed by atoms with Crippen LogP contribution < -0.4 is 0 Å². The zero-order chi connectivity index (χ0) is 12.5. The molecule has 0 spiro atoms. The molecule has 0 fully saturated rings. The maximum Gasteiger partial charge on any atom is 0.195 e. The first kappa shape index (κ1) is 12.0. The molecular formula is C12H7BrN2OS2. The summed E-state index contributed by atoms with van der Waals surface area (Å²) < 4.78 is 2.83. The predicted molar refractivity (Wildman–Crippen MR) is 76.7 cm³/mol. The van der Waals surface area contributed by atoms with Gasteiger partial charge in [-0.2, -0.15) is 0 Å². The molecule has 0 saturated heterocycles. The van der Waals surface area contributed by atoms with Gasteiger partial charge < -0.3 is 0 Å². The van der Waals surface area contributed by atoms with Gasteiger partial charge >= 0.3 is 0 Å². The maximum absolute atomic E-state index is 11.2. The largest absolute Gasteiger partial charge is 0.296 e. The first-order valence-electron chi connectivity index (χ1n) is 5.12. The number of thiazole rings is 1. The summed E-state index contributed by atoms with van der Waals surface area (Å²) >= 11 is 6.45. The van der Waals surface area contributed by atoms with Gasteiger partial charge in [0.25, 0.3) is 0 Å². The van der Waals surface area contributed by atoms with Crippen molar-refractivity contribution in [3.8, 4) is 0 Å². The van der Waals surface area contributed by atoms with E-state index in [-0.39, 0.29) is 0 Å². The van der Waals surface area contributed by atoms with Crippen molar-refractivity contribution in [2.45, 2.75) is 9.92 Å². The lowest BCUT2D eigenvalue weighted by atomic mass is 10.4. The van der Waals surface area contributed by atoms with E-state index in [2.05, 4.69) is 20.9 Å². The van der Waals surface area contributed by atoms with Crippen LogP contribution in [0.1, 0.15) is 10.5 Å². The average Bonchev–Trinajstić information content (AvgIpc) is 2.89. The van der Waals surface area contributed by atoms with E-state index >= 15 is 0 Å². The van der Waals surface area contributed by atoms with Gasteiger partial charge in [-0.1, -0.05) is 33.8 Å². The molecule has 0 unspecified atom stereocenters. The number of benzene rings is 1. The molecular weight excluding hydrogens is 332 g/mol. The molecule has 3 aromatic rings. The smallest absolute Gasteiger partial charge is 0.195 e. The summed E-state index contributed by atoms with van der Waals surface area (Å²) in [5, 5.41) is 2.66. The molecule has 18 heavy (non-hydrogen) atoms. The van der Waals surface area contributed by atoms with Gasteiger partial charge in [-0.3, -0.25) is 9.20 Å². The van der Waals surface area contributed by atoms with Crippen LogP contribution >= 0.6 is 39.0 Å². The summed E-state index contributed by atoms with van der Waals surface area (Å²) in [6.07, 6.45) is 2.72. The Hall–Kier alpha value is -1.11. The van der Waals surface area contributed by atoms with E-state index in [1.165, 1.54) is 23.1 Å². The van der Waals surface area contributed by atoms with Crippen LogP contribution in [0.25, 0.3) is 4.96 Å². The molecule has 0 aliphatic rings. The Morgan fingerprint density at radius 2 is 2.33 bits per heavy atom. The number of rotatable bonds is 3. The Labute approximate surface area is 120 Å². The summed E-state index contributed by atoms with van der Waals surface area (Å²) in [5.74, 6) is 0. The van der Waals surface area contributed by atoms with Crippen molar-refractivity contribution in [2.24, 2.45) is 0 Å². The molecule has 1 aromatic carbocycles. The van der Waals surface area contributed by atoms with E-state index < -0.39 is 0 Å². The van der Waals surface area contributed by atoms with Crippen molar-refractivity contribution >= 4 is 50.3 Å². The van der Waals surface area contributed by atoms with Crippen molar-refractivity contribution in [2.75, 3.05) is 0 Å². The third-order valence-corrected chi connectivity index (χ3v) is 4.62. The third-order valence-electron chi connectivity index (χ3n) is 2.39. The van der Waals surface area contributed by atoms with Crippen LogP contribution in [-0.4, -0.2) is 15.7 Å². The van der Waals surface area contributed by atoms with E-state index in [4.69, 9.17) is 0 Å². The van der Waals surface area contributed by atoms with Crippen LogP contribution in [0, 0.1) is 0 Å². The molecule has 3 nitrogen and oxygen atoms in total. The molecule has 0 amide bonds. The molecule has 6 heteroatoms. The number of aromatic nitrogens is 2. The SMILES string of the molecule is O=Cc1c(Sc2cccc(Br)c2)nc2sccn12. The molecule has 0 radical (unpaired) electrons. The molecule has 0 N–H and O–H groups in total. The molecule has 0 atom stereocenters. The molecule has 0 aliphatic heterocycles. The van der Waals surface area contributed by atoms with Gasteiger partial charge in [-0.25, -0.2) is 4.98 Å². The summed E-state index contributed by atoms with van der Waals surface area (Å²) in [4.78, 5) is 17.5. The molecule has 0 bridgehead atoms. The highest BCUT2D eigenvalue weighted by molar-refractivity contribution is 9.10. The summed E-state index contributed by atoms with van der Waals surface area (Å²) in [6, 6.07) is 7.94. The van der Waals surface area contributed by atoms with E-state index in [0.29, 0.717) is 5.69 Å². The lowest BCUT2D eigenvalue weighted by Crippen LogP contribution is -1.88. The zero-order valence-electron chi connectivity index (χ0n) is 9.04. The first-order chi connectivity index (χ1) is 8.78. The highest BCUT2D eigenvalue weighted by Crippen LogP contribution is 2.32. The minimum Gasteiger partial charge on any atom is -0.296 e.